The zero-order valence-corrected chi connectivity index (χ0v) is 12.5. The number of nitrogens with one attached hydrogen (secondary N) is 2. The smallest absolute Gasteiger partial charge is 0.228 e. The van der Waals surface area contributed by atoms with E-state index in [0.717, 1.165) is 29.1 Å². The van der Waals surface area contributed by atoms with E-state index in [4.69, 9.17) is 4.98 Å². The Morgan fingerprint density at radius 3 is 3.10 bits per heavy atom. The van der Waals surface area contributed by atoms with E-state index < -0.39 is 0 Å². The van der Waals surface area contributed by atoms with Crippen LogP contribution < -0.4 is 10.6 Å². The van der Waals surface area contributed by atoms with E-state index >= 15 is 0 Å². The quantitative estimate of drug-likeness (QED) is 0.896. The van der Waals surface area contributed by atoms with Crippen LogP contribution in [0.2, 0.25) is 0 Å². The van der Waals surface area contributed by atoms with Crippen LogP contribution in [0.1, 0.15) is 35.9 Å². The van der Waals surface area contributed by atoms with E-state index in [2.05, 4.69) is 22.1 Å². The molecule has 3 heterocycles. The third-order valence-corrected chi connectivity index (χ3v) is 5.11. The summed E-state index contributed by atoms with van der Waals surface area (Å²) in [5, 5.41) is 9.71. The van der Waals surface area contributed by atoms with Crippen LogP contribution >= 0.6 is 11.3 Å². The molecule has 0 bridgehead atoms. The fourth-order valence-electron chi connectivity index (χ4n) is 3.03. The second kappa shape index (κ2) is 5.24. The molecule has 2 aromatic rings. The lowest BCUT2D eigenvalue weighted by atomic mass is 10.1. The summed E-state index contributed by atoms with van der Waals surface area (Å²) in [6.07, 6.45) is 4.19. The zero-order valence-electron chi connectivity index (χ0n) is 11.7. The fraction of sp³-hybridized carbons (Fsp3) is 0.375. The Morgan fingerprint density at radius 1 is 1.29 bits per heavy atom. The maximum absolute atomic E-state index is 11.4. The van der Waals surface area contributed by atoms with E-state index in [9.17, 15) is 4.79 Å². The highest BCUT2D eigenvalue weighted by Crippen LogP contribution is 2.32. The van der Waals surface area contributed by atoms with Gasteiger partial charge in [0, 0.05) is 16.6 Å². The van der Waals surface area contributed by atoms with Crippen LogP contribution in [0.4, 0.5) is 5.69 Å². The van der Waals surface area contributed by atoms with Crippen LogP contribution in [0.3, 0.4) is 0 Å². The van der Waals surface area contributed by atoms with Crippen LogP contribution in [-0.2, 0) is 11.2 Å². The summed E-state index contributed by atoms with van der Waals surface area (Å²) in [7, 11) is 0. The summed E-state index contributed by atoms with van der Waals surface area (Å²) in [6, 6.07) is 6.51. The number of carbonyl (C=O) groups is 1. The summed E-state index contributed by atoms with van der Waals surface area (Å²) in [6.45, 7) is 1.09. The number of hydrogen-bond acceptors (Lipinski definition) is 4. The van der Waals surface area contributed by atoms with Gasteiger partial charge in [-0.2, -0.15) is 0 Å². The number of amides is 1. The molecular formula is C16H17N3OS. The van der Waals surface area contributed by atoms with Crippen LogP contribution in [0, 0.1) is 0 Å². The second-order valence-electron chi connectivity index (χ2n) is 5.67. The number of nitrogens with zero attached hydrogens (tertiary/aromatic N) is 1. The SMILES string of the molecule is O=C1Cc2cc(-c3csc([C@H]4CCCCN4)n3)ccc2N1. The molecule has 1 amide bonds. The first-order valence-corrected chi connectivity index (χ1v) is 8.29. The molecular weight excluding hydrogens is 282 g/mol. The molecule has 0 unspecified atom stereocenters. The Balaban J connectivity index is 1.61. The third-order valence-electron chi connectivity index (χ3n) is 4.16. The second-order valence-corrected chi connectivity index (χ2v) is 6.56. The molecule has 4 rings (SSSR count). The normalized spacial score (nSPS) is 21.1. The number of aromatic nitrogens is 1. The van der Waals surface area contributed by atoms with Gasteiger partial charge in [-0.3, -0.25) is 4.79 Å². The summed E-state index contributed by atoms with van der Waals surface area (Å²) in [5.74, 6) is 0.0764. The van der Waals surface area contributed by atoms with Gasteiger partial charge in [-0.25, -0.2) is 4.98 Å². The van der Waals surface area contributed by atoms with Crippen molar-refractivity contribution in [2.24, 2.45) is 0 Å². The number of piperidine rings is 1. The number of anilines is 1. The molecule has 0 saturated carbocycles. The number of fused-ring (bicyclic) bond motifs is 1. The van der Waals surface area contributed by atoms with Crippen LogP contribution in [0.25, 0.3) is 11.3 Å². The van der Waals surface area contributed by atoms with Gasteiger partial charge in [-0.1, -0.05) is 12.5 Å². The minimum absolute atomic E-state index is 0.0764. The van der Waals surface area contributed by atoms with E-state index in [1.807, 2.05) is 12.1 Å². The van der Waals surface area contributed by atoms with E-state index in [1.54, 1.807) is 11.3 Å². The average molecular weight is 299 g/mol. The molecule has 2 N–H and O–H groups in total. The Morgan fingerprint density at radius 2 is 2.24 bits per heavy atom. The van der Waals surface area contributed by atoms with Gasteiger partial charge in [-0.15, -0.1) is 11.3 Å². The average Bonchev–Trinajstić information content (AvgIpc) is 3.12. The molecule has 2 aliphatic heterocycles. The molecule has 21 heavy (non-hydrogen) atoms. The first-order valence-electron chi connectivity index (χ1n) is 7.41. The molecule has 1 aromatic heterocycles. The maximum atomic E-state index is 11.4. The molecule has 1 saturated heterocycles. The monoisotopic (exact) mass is 299 g/mol. The van der Waals surface area contributed by atoms with Crippen LogP contribution in [0.15, 0.2) is 23.6 Å². The first-order chi connectivity index (χ1) is 10.3. The van der Waals surface area contributed by atoms with E-state index in [-0.39, 0.29) is 5.91 Å². The largest absolute Gasteiger partial charge is 0.326 e. The van der Waals surface area contributed by atoms with Gasteiger partial charge in [0.1, 0.15) is 5.01 Å². The highest BCUT2D eigenvalue weighted by molar-refractivity contribution is 7.10. The van der Waals surface area contributed by atoms with Crippen molar-refractivity contribution >= 4 is 22.9 Å². The molecule has 5 heteroatoms. The highest BCUT2D eigenvalue weighted by atomic mass is 32.1. The Labute approximate surface area is 127 Å². The highest BCUT2D eigenvalue weighted by Gasteiger charge is 2.20. The minimum Gasteiger partial charge on any atom is -0.326 e. The van der Waals surface area contributed by atoms with Gasteiger partial charge < -0.3 is 10.6 Å². The summed E-state index contributed by atoms with van der Waals surface area (Å²) < 4.78 is 0. The Hall–Kier alpha value is -1.72. The maximum Gasteiger partial charge on any atom is 0.228 e. The number of hydrogen-bond donors (Lipinski definition) is 2. The van der Waals surface area contributed by atoms with Gasteiger partial charge in [0.05, 0.1) is 18.2 Å². The first kappa shape index (κ1) is 13.0. The predicted octanol–water partition coefficient (Wildman–Crippen LogP) is 3.12. The number of benzene rings is 1. The Kier molecular flexibility index (Phi) is 3.24. The van der Waals surface area contributed by atoms with Gasteiger partial charge in [0.15, 0.2) is 0 Å². The summed E-state index contributed by atoms with van der Waals surface area (Å²) in [5.41, 5.74) is 4.13. The van der Waals surface area contributed by atoms with E-state index in [1.165, 1.54) is 24.3 Å². The van der Waals surface area contributed by atoms with Gasteiger partial charge >= 0.3 is 0 Å². The third kappa shape index (κ3) is 2.47. The summed E-state index contributed by atoms with van der Waals surface area (Å²) in [4.78, 5) is 16.2. The topological polar surface area (TPSA) is 54.0 Å². The number of thiazole rings is 1. The Bertz CT molecular complexity index is 689. The lowest BCUT2D eigenvalue weighted by Crippen LogP contribution is -2.26. The van der Waals surface area contributed by atoms with E-state index in [0.29, 0.717) is 12.5 Å². The lowest BCUT2D eigenvalue weighted by Gasteiger charge is -2.21. The van der Waals surface area contributed by atoms with Crippen LogP contribution in [-0.4, -0.2) is 17.4 Å². The molecule has 0 aliphatic carbocycles. The van der Waals surface area contributed by atoms with Crippen molar-refractivity contribution in [2.75, 3.05) is 11.9 Å². The van der Waals surface area contributed by atoms with Crippen molar-refractivity contribution in [3.05, 3.63) is 34.2 Å². The van der Waals surface area contributed by atoms with Crippen molar-refractivity contribution < 1.29 is 4.79 Å². The van der Waals surface area contributed by atoms with Gasteiger partial charge in [0.2, 0.25) is 5.91 Å². The molecule has 4 nitrogen and oxygen atoms in total. The standard InChI is InChI=1S/C16H17N3OS/c20-15-8-11-7-10(4-5-12(11)18-15)14-9-21-16(19-14)13-3-1-2-6-17-13/h4-5,7,9,13,17H,1-3,6,8H2,(H,18,20)/t13-/m1/s1. The minimum atomic E-state index is 0.0764. The zero-order chi connectivity index (χ0) is 14.2. The van der Waals surface area contributed by atoms with Crippen molar-refractivity contribution in [1.29, 1.82) is 0 Å². The van der Waals surface area contributed by atoms with Crippen molar-refractivity contribution in [2.45, 2.75) is 31.7 Å². The molecule has 0 spiro atoms. The van der Waals surface area contributed by atoms with Gasteiger partial charge in [0.25, 0.3) is 0 Å². The summed E-state index contributed by atoms with van der Waals surface area (Å²) >= 11 is 1.73. The molecule has 2 aliphatic rings. The van der Waals surface area contributed by atoms with Crippen molar-refractivity contribution in [3.63, 3.8) is 0 Å². The molecule has 1 atom stereocenters. The predicted molar refractivity (Wildman–Crippen MR) is 84.5 cm³/mol. The fourth-order valence-corrected chi connectivity index (χ4v) is 3.97. The number of carbonyl (C=O) groups excluding carboxylic acids is 1. The van der Waals surface area contributed by atoms with Crippen LogP contribution in [0.5, 0.6) is 0 Å². The van der Waals surface area contributed by atoms with Gasteiger partial charge in [-0.05, 0) is 37.1 Å². The van der Waals surface area contributed by atoms with Crippen molar-refractivity contribution in [3.8, 4) is 11.3 Å². The number of rotatable bonds is 2. The molecule has 1 fully saturated rings. The lowest BCUT2D eigenvalue weighted by molar-refractivity contribution is -0.115. The van der Waals surface area contributed by atoms with Crippen molar-refractivity contribution in [1.82, 2.24) is 10.3 Å². The molecule has 0 radical (unpaired) electrons. The molecule has 108 valence electrons. The molecule has 1 aromatic carbocycles.